The van der Waals surface area contributed by atoms with Gasteiger partial charge in [-0.3, -0.25) is 10.1 Å². The standard InChI is InChI=1S/C17H15NO4/c1-12-6-5-8-15(10-12)17(19)22-16-9-4-3-7-14(16)11-13(2)18(20)21/h3-11H,1-2H3/b13-11+. The van der Waals surface area contributed by atoms with E-state index in [-0.39, 0.29) is 11.4 Å². The summed E-state index contributed by atoms with van der Waals surface area (Å²) in [5.41, 5.74) is 1.84. The molecule has 0 unspecified atom stereocenters. The van der Waals surface area contributed by atoms with Crippen LogP contribution in [-0.2, 0) is 0 Å². The van der Waals surface area contributed by atoms with E-state index >= 15 is 0 Å². The van der Waals surface area contributed by atoms with E-state index in [0.717, 1.165) is 5.56 Å². The van der Waals surface area contributed by atoms with Crippen molar-refractivity contribution in [3.05, 3.63) is 81.0 Å². The Morgan fingerprint density at radius 3 is 2.59 bits per heavy atom. The van der Waals surface area contributed by atoms with E-state index in [1.54, 1.807) is 42.5 Å². The quantitative estimate of drug-likeness (QED) is 0.372. The summed E-state index contributed by atoms with van der Waals surface area (Å²) in [6.45, 7) is 3.27. The first-order valence-corrected chi connectivity index (χ1v) is 6.68. The largest absolute Gasteiger partial charge is 0.422 e. The van der Waals surface area contributed by atoms with Gasteiger partial charge in [0.15, 0.2) is 0 Å². The molecule has 0 bridgehead atoms. The maximum atomic E-state index is 12.2. The lowest BCUT2D eigenvalue weighted by atomic mass is 10.1. The van der Waals surface area contributed by atoms with Crippen LogP contribution in [0.1, 0.15) is 28.4 Å². The van der Waals surface area contributed by atoms with Gasteiger partial charge in [-0.15, -0.1) is 0 Å². The molecule has 0 saturated heterocycles. The molecule has 0 aliphatic heterocycles. The molecule has 0 aliphatic carbocycles. The first-order chi connectivity index (χ1) is 10.5. The van der Waals surface area contributed by atoms with Crippen molar-refractivity contribution in [2.45, 2.75) is 13.8 Å². The summed E-state index contributed by atoms with van der Waals surface area (Å²) in [7, 11) is 0. The molecular weight excluding hydrogens is 282 g/mol. The molecular formula is C17H15NO4. The zero-order chi connectivity index (χ0) is 16.1. The summed E-state index contributed by atoms with van der Waals surface area (Å²) in [4.78, 5) is 22.4. The van der Waals surface area contributed by atoms with Crippen LogP contribution in [0.25, 0.3) is 6.08 Å². The van der Waals surface area contributed by atoms with Crippen LogP contribution in [0.15, 0.2) is 54.2 Å². The molecule has 0 saturated carbocycles. The second kappa shape index (κ2) is 6.67. The van der Waals surface area contributed by atoms with Gasteiger partial charge in [-0.2, -0.15) is 0 Å². The highest BCUT2D eigenvalue weighted by Gasteiger charge is 2.12. The maximum Gasteiger partial charge on any atom is 0.343 e. The van der Waals surface area contributed by atoms with E-state index in [0.29, 0.717) is 11.1 Å². The molecule has 5 heteroatoms. The molecule has 0 aliphatic rings. The first kappa shape index (κ1) is 15.4. The number of hydrogen-bond donors (Lipinski definition) is 0. The fraction of sp³-hybridized carbons (Fsp3) is 0.118. The molecule has 5 nitrogen and oxygen atoms in total. The lowest BCUT2D eigenvalue weighted by molar-refractivity contribution is -0.422. The summed E-state index contributed by atoms with van der Waals surface area (Å²) in [6.07, 6.45) is 1.37. The SMILES string of the molecule is C/C(=C\c1ccccc1OC(=O)c1cccc(C)c1)[N+](=O)[O-]. The van der Waals surface area contributed by atoms with E-state index < -0.39 is 10.9 Å². The number of para-hydroxylation sites is 1. The smallest absolute Gasteiger partial charge is 0.343 e. The Labute approximate surface area is 128 Å². The van der Waals surface area contributed by atoms with Gasteiger partial charge in [-0.05, 0) is 25.1 Å². The van der Waals surface area contributed by atoms with Gasteiger partial charge in [0, 0.05) is 18.6 Å². The number of aryl methyl sites for hydroxylation is 1. The predicted molar refractivity (Wildman–Crippen MR) is 83.2 cm³/mol. The van der Waals surface area contributed by atoms with Crippen LogP contribution >= 0.6 is 0 Å². The molecule has 0 spiro atoms. The molecule has 112 valence electrons. The zero-order valence-corrected chi connectivity index (χ0v) is 12.3. The normalized spacial score (nSPS) is 11.1. The summed E-state index contributed by atoms with van der Waals surface area (Å²) < 4.78 is 5.36. The molecule has 0 N–H and O–H groups in total. The highest BCUT2D eigenvalue weighted by atomic mass is 16.6. The minimum Gasteiger partial charge on any atom is -0.422 e. The molecule has 0 fully saturated rings. The van der Waals surface area contributed by atoms with Crippen molar-refractivity contribution in [3.63, 3.8) is 0 Å². The average molecular weight is 297 g/mol. The number of allylic oxidation sites excluding steroid dienone is 1. The van der Waals surface area contributed by atoms with Gasteiger partial charge in [-0.25, -0.2) is 4.79 Å². The second-order valence-corrected chi connectivity index (χ2v) is 4.84. The number of hydrogen-bond acceptors (Lipinski definition) is 4. The predicted octanol–water partition coefficient (Wildman–Crippen LogP) is 3.85. The van der Waals surface area contributed by atoms with Crippen LogP contribution in [0, 0.1) is 17.0 Å². The first-order valence-electron chi connectivity index (χ1n) is 6.68. The molecule has 0 aromatic heterocycles. The number of nitrogens with zero attached hydrogens (tertiary/aromatic N) is 1. The Morgan fingerprint density at radius 1 is 1.18 bits per heavy atom. The van der Waals surface area contributed by atoms with E-state index in [4.69, 9.17) is 4.74 Å². The molecule has 0 radical (unpaired) electrons. The zero-order valence-electron chi connectivity index (χ0n) is 12.3. The third-order valence-electron chi connectivity index (χ3n) is 3.03. The molecule has 2 aromatic carbocycles. The highest BCUT2D eigenvalue weighted by molar-refractivity contribution is 5.91. The van der Waals surface area contributed by atoms with Crippen molar-refractivity contribution >= 4 is 12.0 Å². The van der Waals surface area contributed by atoms with Gasteiger partial charge >= 0.3 is 5.97 Å². The van der Waals surface area contributed by atoms with E-state index in [2.05, 4.69) is 0 Å². The molecule has 2 aromatic rings. The lowest BCUT2D eigenvalue weighted by Crippen LogP contribution is -2.09. The van der Waals surface area contributed by atoms with Gasteiger partial charge in [0.2, 0.25) is 5.70 Å². The second-order valence-electron chi connectivity index (χ2n) is 4.84. The van der Waals surface area contributed by atoms with Gasteiger partial charge in [0.25, 0.3) is 0 Å². The number of carbonyl (C=O) groups is 1. The van der Waals surface area contributed by atoms with Crippen molar-refractivity contribution in [2.24, 2.45) is 0 Å². The summed E-state index contributed by atoms with van der Waals surface area (Å²) in [6, 6.07) is 13.7. The number of ether oxygens (including phenoxy) is 1. The monoisotopic (exact) mass is 297 g/mol. The minimum absolute atomic E-state index is 0.0287. The van der Waals surface area contributed by atoms with Crippen molar-refractivity contribution < 1.29 is 14.5 Å². The van der Waals surface area contributed by atoms with E-state index in [9.17, 15) is 14.9 Å². The van der Waals surface area contributed by atoms with Gasteiger partial charge in [0.1, 0.15) is 5.75 Å². The molecule has 0 heterocycles. The summed E-state index contributed by atoms with van der Waals surface area (Å²) >= 11 is 0. The molecule has 0 amide bonds. The Balaban J connectivity index is 2.29. The van der Waals surface area contributed by atoms with Crippen LogP contribution in [-0.4, -0.2) is 10.9 Å². The Hall–Kier alpha value is -2.95. The molecule has 2 rings (SSSR count). The third kappa shape index (κ3) is 3.79. The maximum absolute atomic E-state index is 12.2. The number of benzene rings is 2. The fourth-order valence-corrected chi connectivity index (χ4v) is 1.90. The van der Waals surface area contributed by atoms with Crippen LogP contribution < -0.4 is 4.74 Å². The third-order valence-corrected chi connectivity index (χ3v) is 3.03. The van der Waals surface area contributed by atoms with E-state index in [1.807, 2.05) is 13.0 Å². The Morgan fingerprint density at radius 2 is 1.91 bits per heavy atom. The van der Waals surface area contributed by atoms with Crippen LogP contribution in [0.2, 0.25) is 0 Å². The highest BCUT2D eigenvalue weighted by Crippen LogP contribution is 2.22. The van der Waals surface area contributed by atoms with Crippen molar-refractivity contribution in [3.8, 4) is 5.75 Å². The van der Waals surface area contributed by atoms with Crippen molar-refractivity contribution in [2.75, 3.05) is 0 Å². The topological polar surface area (TPSA) is 69.4 Å². The van der Waals surface area contributed by atoms with Gasteiger partial charge in [0.05, 0.1) is 10.5 Å². The summed E-state index contributed by atoms with van der Waals surface area (Å²) in [5.74, 6) is -0.210. The van der Waals surface area contributed by atoms with Crippen LogP contribution in [0.4, 0.5) is 0 Å². The number of nitro groups is 1. The van der Waals surface area contributed by atoms with Crippen LogP contribution in [0.5, 0.6) is 5.75 Å². The molecule has 0 atom stereocenters. The molecule has 22 heavy (non-hydrogen) atoms. The lowest BCUT2D eigenvalue weighted by Gasteiger charge is -2.07. The number of carbonyl (C=O) groups excluding carboxylic acids is 1. The number of rotatable bonds is 4. The Kier molecular flexibility index (Phi) is 4.68. The Bertz CT molecular complexity index is 750. The number of esters is 1. The summed E-state index contributed by atoms with van der Waals surface area (Å²) in [5, 5.41) is 10.7. The van der Waals surface area contributed by atoms with Gasteiger partial charge < -0.3 is 4.74 Å². The van der Waals surface area contributed by atoms with Gasteiger partial charge in [-0.1, -0.05) is 35.9 Å². The fourth-order valence-electron chi connectivity index (χ4n) is 1.90. The average Bonchev–Trinajstić information content (AvgIpc) is 2.49. The van der Waals surface area contributed by atoms with Crippen molar-refractivity contribution in [1.82, 2.24) is 0 Å². The van der Waals surface area contributed by atoms with Crippen LogP contribution in [0.3, 0.4) is 0 Å². The van der Waals surface area contributed by atoms with E-state index in [1.165, 1.54) is 13.0 Å². The van der Waals surface area contributed by atoms with Crippen molar-refractivity contribution in [1.29, 1.82) is 0 Å². The minimum atomic E-state index is -0.497.